The number of aliphatic hydroxyl groups is 1. The molecule has 0 saturated heterocycles. The van der Waals surface area contributed by atoms with E-state index in [1.807, 2.05) is 27.7 Å². The minimum absolute atomic E-state index is 0.184. The minimum Gasteiger partial charge on any atom is -0.496 e. The maximum atomic E-state index is 12.4. The number of carbonyl (C=O) groups is 1. The third kappa shape index (κ3) is 2.98. The van der Waals surface area contributed by atoms with Crippen LogP contribution in [0.3, 0.4) is 0 Å². The SMILES string of the molecule is COc1cc(C)c2c(c(Br)cn2C(=O)OC(C)(C)C)c1CO. The number of hydrogen-bond donors (Lipinski definition) is 1. The number of aryl methyl sites for hydroxylation is 1. The predicted molar refractivity (Wildman–Crippen MR) is 88.5 cm³/mol. The maximum absolute atomic E-state index is 12.4. The standard InChI is InChI=1S/C16H20BrNO4/c1-9-6-12(21-5)10(8-19)13-11(17)7-18(14(9)13)15(20)22-16(2,3)4/h6-7,19H,8H2,1-5H3. The topological polar surface area (TPSA) is 60.7 Å². The van der Waals surface area contributed by atoms with Gasteiger partial charge in [0.15, 0.2) is 0 Å². The lowest BCUT2D eigenvalue weighted by Gasteiger charge is -2.20. The first-order chi connectivity index (χ1) is 10.2. The van der Waals surface area contributed by atoms with E-state index in [0.717, 1.165) is 10.9 Å². The average molecular weight is 370 g/mol. The Kier molecular flexibility index (Phi) is 4.54. The zero-order valence-corrected chi connectivity index (χ0v) is 14.9. The third-order valence-electron chi connectivity index (χ3n) is 3.25. The summed E-state index contributed by atoms with van der Waals surface area (Å²) in [5.41, 5.74) is 1.62. The first-order valence-corrected chi connectivity index (χ1v) is 7.70. The highest BCUT2D eigenvalue weighted by molar-refractivity contribution is 9.10. The van der Waals surface area contributed by atoms with Gasteiger partial charge < -0.3 is 14.6 Å². The number of benzene rings is 1. The quantitative estimate of drug-likeness (QED) is 0.868. The molecule has 0 aliphatic rings. The highest BCUT2D eigenvalue weighted by Gasteiger charge is 2.23. The number of carbonyl (C=O) groups excluding carboxylic acids is 1. The smallest absolute Gasteiger partial charge is 0.419 e. The fourth-order valence-corrected chi connectivity index (χ4v) is 3.05. The number of aromatic nitrogens is 1. The predicted octanol–water partition coefficient (Wildman–Crippen LogP) is 4.00. The summed E-state index contributed by atoms with van der Waals surface area (Å²) in [7, 11) is 1.55. The maximum Gasteiger partial charge on any atom is 0.419 e. The van der Waals surface area contributed by atoms with E-state index in [1.54, 1.807) is 19.4 Å². The Balaban J connectivity index is 2.72. The molecule has 1 N–H and O–H groups in total. The number of rotatable bonds is 2. The summed E-state index contributed by atoms with van der Waals surface area (Å²) in [5, 5.41) is 10.4. The molecule has 2 aromatic rings. The number of halogens is 1. The molecule has 120 valence electrons. The molecule has 2 rings (SSSR count). The van der Waals surface area contributed by atoms with Gasteiger partial charge in [-0.1, -0.05) is 0 Å². The van der Waals surface area contributed by atoms with Crippen molar-refractivity contribution in [3.05, 3.63) is 27.9 Å². The number of aliphatic hydroxyl groups excluding tert-OH is 1. The Morgan fingerprint density at radius 3 is 2.55 bits per heavy atom. The van der Waals surface area contributed by atoms with Crippen LogP contribution in [-0.4, -0.2) is 28.5 Å². The van der Waals surface area contributed by atoms with Crippen molar-refractivity contribution in [3.8, 4) is 5.75 Å². The summed E-state index contributed by atoms with van der Waals surface area (Å²) in [6, 6.07) is 1.81. The third-order valence-corrected chi connectivity index (χ3v) is 3.85. The lowest BCUT2D eigenvalue weighted by atomic mass is 10.1. The summed E-state index contributed by atoms with van der Waals surface area (Å²) in [4.78, 5) is 12.4. The Morgan fingerprint density at radius 1 is 1.41 bits per heavy atom. The van der Waals surface area contributed by atoms with Crippen molar-refractivity contribution in [1.82, 2.24) is 4.57 Å². The molecule has 0 unspecified atom stereocenters. The van der Waals surface area contributed by atoms with Crippen LogP contribution in [0.2, 0.25) is 0 Å². The van der Waals surface area contributed by atoms with Gasteiger partial charge in [-0.05, 0) is 55.3 Å². The molecule has 0 radical (unpaired) electrons. The van der Waals surface area contributed by atoms with Crippen LogP contribution in [0.5, 0.6) is 5.75 Å². The molecule has 0 bridgehead atoms. The van der Waals surface area contributed by atoms with E-state index >= 15 is 0 Å². The molecule has 1 heterocycles. The molecule has 0 fully saturated rings. The first-order valence-electron chi connectivity index (χ1n) is 6.90. The molecule has 0 spiro atoms. The van der Waals surface area contributed by atoms with Gasteiger partial charge >= 0.3 is 6.09 Å². The van der Waals surface area contributed by atoms with E-state index < -0.39 is 11.7 Å². The van der Waals surface area contributed by atoms with E-state index in [4.69, 9.17) is 9.47 Å². The fourth-order valence-electron chi connectivity index (χ4n) is 2.42. The first kappa shape index (κ1) is 16.8. The second kappa shape index (κ2) is 5.93. The van der Waals surface area contributed by atoms with Gasteiger partial charge in [-0.25, -0.2) is 4.79 Å². The van der Waals surface area contributed by atoms with Crippen molar-refractivity contribution in [2.24, 2.45) is 0 Å². The number of fused-ring (bicyclic) bond motifs is 1. The van der Waals surface area contributed by atoms with E-state index in [0.29, 0.717) is 21.3 Å². The van der Waals surface area contributed by atoms with Gasteiger partial charge in [-0.2, -0.15) is 0 Å². The van der Waals surface area contributed by atoms with Crippen molar-refractivity contribution in [3.63, 3.8) is 0 Å². The van der Waals surface area contributed by atoms with Crippen LogP contribution < -0.4 is 4.74 Å². The van der Waals surface area contributed by atoms with Gasteiger partial charge in [0, 0.05) is 21.6 Å². The van der Waals surface area contributed by atoms with Crippen LogP contribution in [0, 0.1) is 6.92 Å². The lowest BCUT2D eigenvalue weighted by Crippen LogP contribution is -2.26. The van der Waals surface area contributed by atoms with Crippen LogP contribution in [0.25, 0.3) is 10.9 Å². The van der Waals surface area contributed by atoms with E-state index in [-0.39, 0.29) is 6.61 Å². The molecule has 0 aliphatic carbocycles. The van der Waals surface area contributed by atoms with Gasteiger partial charge in [0.1, 0.15) is 11.4 Å². The highest BCUT2D eigenvalue weighted by Crippen LogP contribution is 2.37. The van der Waals surface area contributed by atoms with Gasteiger partial charge in [-0.15, -0.1) is 0 Å². The van der Waals surface area contributed by atoms with E-state index in [1.165, 1.54) is 4.57 Å². The molecule has 6 heteroatoms. The van der Waals surface area contributed by atoms with Gasteiger partial charge in [-0.3, -0.25) is 4.57 Å². The zero-order valence-electron chi connectivity index (χ0n) is 13.4. The molecule has 5 nitrogen and oxygen atoms in total. The van der Waals surface area contributed by atoms with Crippen LogP contribution in [0.1, 0.15) is 31.9 Å². The molecule has 22 heavy (non-hydrogen) atoms. The van der Waals surface area contributed by atoms with Crippen molar-refractivity contribution in [2.45, 2.75) is 39.9 Å². The average Bonchev–Trinajstić information content (AvgIpc) is 2.75. The monoisotopic (exact) mass is 369 g/mol. The largest absolute Gasteiger partial charge is 0.496 e. The molecule has 1 aromatic carbocycles. The molecule has 0 atom stereocenters. The van der Waals surface area contributed by atoms with Crippen LogP contribution in [0.15, 0.2) is 16.7 Å². The summed E-state index contributed by atoms with van der Waals surface area (Å²) in [5.74, 6) is 0.593. The van der Waals surface area contributed by atoms with E-state index in [2.05, 4.69) is 15.9 Å². The number of nitrogens with zero attached hydrogens (tertiary/aromatic N) is 1. The second-order valence-electron chi connectivity index (χ2n) is 6.08. The summed E-state index contributed by atoms with van der Waals surface area (Å²) in [6.07, 6.45) is 1.20. The van der Waals surface area contributed by atoms with Crippen LogP contribution in [-0.2, 0) is 11.3 Å². The van der Waals surface area contributed by atoms with Crippen molar-refractivity contribution < 1.29 is 19.4 Å². The van der Waals surface area contributed by atoms with Crippen molar-refractivity contribution >= 4 is 32.9 Å². The highest BCUT2D eigenvalue weighted by atomic mass is 79.9. The number of methoxy groups -OCH3 is 1. The van der Waals surface area contributed by atoms with Crippen molar-refractivity contribution in [2.75, 3.05) is 7.11 Å². The Hall–Kier alpha value is -1.53. The van der Waals surface area contributed by atoms with Gasteiger partial charge in [0.05, 0.1) is 19.2 Å². The normalized spacial score (nSPS) is 11.8. The van der Waals surface area contributed by atoms with Gasteiger partial charge in [0.25, 0.3) is 0 Å². The molecule has 0 aliphatic heterocycles. The molecule has 1 aromatic heterocycles. The summed E-state index contributed by atoms with van der Waals surface area (Å²) >= 11 is 3.46. The Morgan fingerprint density at radius 2 is 2.05 bits per heavy atom. The van der Waals surface area contributed by atoms with E-state index in [9.17, 15) is 9.90 Å². The van der Waals surface area contributed by atoms with Gasteiger partial charge in [0.2, 0.25) is 0 Å². The Labute approximate surface area is 138 Å². The molecule has 0 saturated carbocycles. The second-order valence-corrected chi connectivity index (χ2v) is 6.94. The lowest BCUT2D eigenvalue weighted by molar-refractivity contribution is 0.0544. The minimum atomic E-state index is -0.583. The molecular formula is C16H20BrNO4. The van der Waals surface area contributed by atoms with Crippen molar-refractivity contribution in [1.29, 1.82) is 0 Å². The summed E-state index contributed by atoms with van der Waals surface area (Å²) < 4.78 is 12.9. The number of hydrogen-bond acceptors (Lipinski definition) is 4. The van der Waals surface area contributed by atoms with Crippen LogP contribution >= 0.6 is 15.9 Å². The fraction of sp³-hybridized carbons (Fsp3) is 0.438. The van der Waals surface area contributed by atoms with Crippen LogP contribution in [0.4, 0.5) is 4.79 Å². The zero-order chi connectivity index (χ0) is 16.7. The molecule has 0 amide bonds. The number of ether oxygens (including phenoxy) is 2. The molecular weight excluding hydrogens is 350 g/mol. The Bertz CT molecular complexity index is 728. The summed E-state index contributed by atoms with van der Waals surface area (Å²) in [6.45, 7) is 7.16.